The van der Waals surface area contributed by atoms with Crippen LogP contribution in [0.15, 0.2) is 36.7 Å². The Balaban J connectivity index is 2.15. The Morgan fingerprint density at radius 1 is 1.20 bits per heavy atom. The summed E-state index contributed by atoms with van der Waals surface area (Å²) in [6.45, 7) is 3.81. The van der Waals surface area contributed by atoms with Crippen LogP contribution in [0.2, 0.25) is 0 Å². The van der Waals surface area contributed by atoms with Gasteiger partial charge < -0.3 is 15.4 Å². The third-order valence-electron chi connectivity index (χ3n) is 3.06. The maximum Gasteiger partial charge on any atom is 0.218 e. The number of rotatable bonds is 6. The topological polar surface area (TPSA) is 64.3 Å². The number of hydrogen-bond acceptors (Lipinski definition) is 5. The molecule has 1 heterocycles. The summed E-state index contributed by atoms with van der Waals surface area (Å²) in [7, 11) is 1.99. The Morgan fingerprint density at radius 3 is 2.65 bits per heavy atom. The number of anilines is 1. The van der Waals surface area contributed by atoms with Crippen LogP contribution in [0.1, 0.15) is 18.1 Å². The van der Waals surface area contributed by atoms with E-state index in [0.717, 1.165) is 17.9 Å². The lowest BCUT2D eigenvalue weighted by Gasteiger charge is -2.20. The van der Waals surface area contributed by atoms with Crippen molar-refractivity contribution in [3.05, 3.63) is 47.8 Å². The van der Waals surface area contributed by atoms with Crippen LogP contribution in [0, 0.1) is 0 Å². The van der Waals surface area contributed by atoms with Crippen molar-refractivity contribution in [1.29, 1.82) is 0 Å². The van der Waals surface area contributed by atoms with E-state index in [0.29, 0.717) is 19.0 Å². The van der Waals surface area contributed by atoms with E-state index in [1.54, 1.807) is 0 Å². The first-order valence-corrected chi connectivity index (χ1v) is 6.67. The van der Waals surface area contributed by atoms with E-state index in [4.69, 9.17) is 10.5 Å². The predicted octanol–water partition coefficient (Wildman–Crippen LogP) is 1.97. The van der Waals surface area contributed by atoms with Crippen molar-refractivity contribution in [2.24, 2.45) is 5.73 Å². The summed E-state index contributed by atoms with van der Waals surface area (Å²) < 4.78 is 5.39. The van der Waals surface area contributed by atoms with Gasteiger partial charge in [-0.2, -0.15) is 0 Å². The van der Waals surface area contributed by atoms with Gasteiger partial charge in [-0.05, 0) is 18.1 Å². The molecular formula is C15H20N4O. The minimum atomic E-state index is 0.540. The summed E-state index contributed by atoms with van der Waals surface area (Å²) >= 11 is 0. The van der Waals surface area contributed by atoms with Gasteiger partial charge in [-0.25, -0.2) is 9.97 Å². The van der Waals surface area contributed by atoms with Crippen molar-refractivity contribution in [1.82, 2.24) is 9.97 Å². The minimum absolute atomic E-state index is 0.540. The average molecular weight is 272 g/mol. The van der Waals surface area contributed by atoms with Crippen molar-refractivity contribution in [2.45, 2.75) is 20.0 Å². The van der Waals surface area contributed by atoms with Crippen LogP contribution >= 0.6 is 0 Å². The Kier molecular flexibility index (Phi) is 4.90. The van der Waals surface area contributed by atoms with Crippen molar-refractivity contribution in [3.8, 4) is 5.88 Å². The van der Waals surface area contributed by atoms with Crippen LogP contribution in [0.25, 0.3) is 0 Å². The lowest BCUT2D eigenvalue weighted by Crippen LogP contribution is -2.19. The van der Waals surface area contributed by atoms with Crippen molar-refractivity contribution in [2.75, 3.05) is 18.6 Å². The second kappa shape index (κ2) is 6.86. The van der Waals surface area contributed by atoms with Gasteiger partial charge in [-0.1, -0.05) is 24.3 Å². The first-order chi connectivity index (χ1) is 9.74. The summed E-state index contributed by atoms with van der Waals surface area (Å²) in [5.41, 5.74) is 8.12. The number of aromatic nitrogens is 2. The lowest BCUT2D eigenvalue weighted by atomic mass is 10.1. The zero-order valence-electron chi connectivity index (χ0n) is 11.9. The van der Waals surface area contributed by atoms with E-state index >= 15 is 0 Å². The molecule has 5 heteroatoms. The molecule has 1 aromatic heterocycles. The van der Waals surface area contributed by atoms with Crippen LogP contribution < -0.4 is 15.4 Å². The van der Waals surface area contributed by atoms with Crippen LogP contribution in [-0.2, 0) is 13.1 Å². The molecule has 0 unspecified atom stereocenters. The Morgan fingerprint density at radius 2 is 1.95 bits per heavy atom. The zero-order valence-corrected chi connectivity index (χ0v) is 11.9. The number of ether oxygens (including phenoxy) is 1. The summed E-state index contributed by atoms with van der Waals surface area (Å²) in [4.78, 5) is 10.4. The van der Waals surface area contributed by atoms with Gasteiger partial charge in [0.2, 0.25) is 5.88 Å². The molecule has 0 aliphatic rings. The second-order valence-corrected chi connectivity index (χ2v) is 4.48. The predicted molar refractivity (Wildman–Crippen MR) is 79.6 cm³/mol. The third kappa shape index (κ3) is 3.45. The standard InChI is InChI=1S/C15H20N4O/c1-3-20-15-8-14(17-11-18-15)19(2)10-13-7-5-4-6-12(13)9-16/h4-8,11H,3,9-10,16H2,1-2H3. The summed E-state index contributed by atoms with van der Waals surface area (Å²) in [6, 6.07) is 10.0. The molecule has 0 bridgehead atoms. The molecule has 0 saturated heterocycles. The molecule has 0 saturated carbocycles. The number of benzene rings is 1. The van der Waals surface area contributed by atoms with E-state index in [2.05, 4.69) is 27.0 Å². The quantitative estimate of drug-likeness (QED) is 0.871. The minimum Gasteiger partial charge on any atom is -0.478 e. The zero-order chi connectivity index (χ0) is 14.4. The Hall–Kier alpha value is -2.14. The molecule has 2 aromatic rings. The highest BCUT2D eigenvalue weighted by atomic mass is 16.5. The van der Waals surface area contributed by atoms with E-state index in [1.165, 1.54) is 11.9 Å². The van der Waals surface area contributed by atoms with E-state index in [1.807, 2.05) is 32.2 Å². The third-order valence-corrected chi connectivity index (χ3v) is 3.06. The van der Waals surface area contributed by atoms with E-state index in [9.17, 15) is 0 Å². The molecule has 0 amide bonds. The Labute approximate surface area is 119 Å². The van der Waals surface area contributed by atoms with Crippen LogP contribution in [0.4, 0.5) is 5.82 Å². The van der Waals surface area contributed by atoms with Gasteiger partial charge in [0.05, 0.1) is 6.61 Å². The highest BCUT2D eigenvalue weighted by molar-refractivity contribution is 5.42. The van der Waals surface area contributed by atoms with Gasteiger partial charge in [0.25, 0.3) is 0 Å². The first kappa shape index (κ1) is 14.3. The molecular weight excluding hydrogens is 252 g/mol. The molecule has 0 fully saturated rings. The number of hydrogen-bond donors (Lipinski definition) is 1. The lowest BCUT2D eigenvalue weighted by molar-refractivity contribution is 0.326. The number of nitrogens with two attached hydrogens (primary N) is 1. The molecule has 1 aromatic carbocycles. The fraction of sp³-hybridized carbons (Fsp3) is 0.333. The smallest absolute Gasteiger partial charge is 0.218 e. The molecule has 5 nitrogen and oxygen atoms in total. The summed E-state index contributed by atoms with van der Waals surface area (Å²) in [6.07, 6.45) is 1.52. The van der Waals surface area contributed by atoms with E-state index in [-0.39, 0.29) is 0 Å². The maximum absolute atomic E-state index is 5.76. The van der Waals surface area contributed by atoms with Gasteiger partial charge in [0, 0.05) is 26.2 Å². The van der Waals surface area contributed by atoms with Gasteiger partial charge in [0.15, 0.2) is 0 Å². The molecule has 106 valence electrons. The molecule has 0 aliphatic carbocycles. The number of nitrogens with zero attached hydrogens (tertiary/aromatic N) is 3. The fourth-order valence-electron chi connectivity index (χ4n) is 2.01. The van der Waals surface area contributed by atoms with Crippen molar-refractivity contribution < 1.29 is 4.74 Å². The van der Waals surface area contributed by atoms with Gasteiger partial charge >= 0.3 is 0 Å². The highest BCUT2D eigenvalue weighted by Gasteiger charge is 2.08. The molecule has 20 heavy (non-hydrogen) atoms. The molecule has 0 aliphatic heterocycles. The maximum atomic E-state index is 5.76. The molecule has 2 N–H and O–H groups in total. The monoisotopic (exact) mass is 272 g/mol. The summed E-state index contributed by atoms with van der Waals surface area (Å²) in [5.74, 6) is 1.42. The molecule has 0 atom stereocenters. The average Bonchev–Trinajstić information content (AvgIpc) is 2.48. The normalized spacial score (nSPS) is 10.3. The van der Waals surface area contributed by atoms with E-state index < -0.39 is 0 Å². The van der Waals surface area contributed by atoms with Crippen LogP contribution in [0.3, 0.4) is 0 Å². The molecule has 0 spiro atoms. The largest absolute Gasteiger partial charge is 0.478 e. The SMILES string of the molecule is CCOc1cc(N(C)Cc2ccccc2CN)ncn1. The molecule has 0 radical (unpaired) electrons. The second-order valence-electron chi connectivity index (χ2n) is 4.48. The molecule has 2 rings (SSSR count). The first-order valence-electron chi connectivity index (χ1n) is 6.67. The van der Waals surface area contributed by atoms with Crippen LogP contribution in [0.5, 0.6) is 5.88 Å². The van der Waals surface area contributed by atoms with Gasteiger partial charge in [-0.15, -0.1) is 0 Å². The van der Waals surface area contributed by atoms with Crippen molar-refractivity contribution in [3.63, 3.8) is 0 Å². The fourth-order valence-corrected chi connectivity index (χ4v) is 2.01. The van der Waals surface area contributed by atoms with Gasteiger partial charge in [0.1, 0.15) is 12.1 Å². The van der Waals surface area contributed by atoms with Crippen LogP contribution in [-0.4, -0.2) is 23.6 Å². The van der Waals surface area contributed by atoms with Gasteiger partial charge in [-0.3, -0.25) is 0 Å². The highest BCUT2D eigenvalue weighted by Crippen LogP contribution is 2.18. The Bertz CT molecular complexity index is 559. The summed E-state index contributed by atoms with van der Waals surface area (Å²) in [5, 5.41) is 0. The van der Waals surface area contributed by atoms with Crippen molar-refractivity contribution >= 4 is 5.82 Å².